The van der Waals surface area contributed by atoms with E-state index in [4.69, 9.17) is 11.6 Å². The molecule has 1 N–H and O–H groups in total. The summed E-state index contributed by atoms with van der Waals surface area (Å²) < 4.78 is 0. The van der Waals surface area contributed by atoms with E-state index < -0.39 is 0 Å². The van der Waals surface area contributed by atoms with Gasteiger partial charge in [-0.25, -0.2) is 0 Å². The van der Waals surface area contributed by atoms with Gasteiger partial charge in [-0.3, -0.25) is 0 Å². The number of anilines is 1. The van der Waals surface area contributed by atoms with Crippen LogP contribution in [-0.4, -0.2) is 56.1 Å². The van der Waals surface area contributed by atoms with Crippen LogP contribution in [0.3, 0.4) is 0 Å². The monoisotopic (exact) mass is 281 g/mol. The number of rotatable bonds is 5. The molecule has 0 spiro atoms. The molecular formula is C15H24ClN3. The van der Waals surface area contributed by atoms with E-state index in [0.29, 0.717) is 0 Å². The highest BCUT2D eigenvalue weighted by molar-refractivity contribution is 6.30. The maximum atomic E-state index is 5.97. The van der Waals surface area contributed by atoms with Crippen molar-refractivity contribution in [3.63, 3.8) is 0 Å². The SMILES string of the molecule is CN1CCC(N(C)CCNc2cccc(Cl)c2)CC1. The fourth-order valence-corrected chi connectivity index (χ4v) is 2.78. The topological polar surface area (TPSA) is 18.5 Å². The highest BCUT2D eigenvalue weighted by Crippen LogP contribution is 2.16. The van der Waals surface area contributed by atoms with Gasteiger partial charge in [-0.1, -0.05) is 17.7 Å². The first kappa shape index (κ1) is 14.6. The molecular weight excluding hydrogens is 258 g/mol. The number of nitrogens with one attached hydrogen (secondary N) is 1. The summed E-state index contributed by atoms with van der Waals surface area (Å²) in [7, 11) is 4.44. The molecule has 0 aliphatic carbocycles. The van der Waals surface area contributed by atoms with Crippen LogP contribution in [0.25, 0.3) is 0 Å². The van der Waals surface area contributed by atoms with Crippen LogP contribution in [0.2, 0.25) is 5.02 Å². The predicted octanol–water partition coefficient (Wildman–Crippen LogP) is 2.78. The number of halogens is 1. The Hall–Kier alpha value is -0.770. The third-order valence-electron chi connectivity index (χ3n) is 3.93. The van der Waals surface area contributed by atoms with Gasteiger partial charge in [-0.05, 0) is 58.2 Å². The lowest BCUT2D eigenvalue weighted by Gasteiger charge is -2.35. The maximum Gasteiger partial charge on any atom is 0.0426 e. The van der Waals surface area contributed by atoms with E-state index in [1.54, 1.807) is 0 Å². The number of likely N-dealkylation sites (N-methyl/N-ethyl adjacent to an activating group) is 1. The standard InChI is InChI=1S/C15H24ClN3/c1-18-9-6-15(7-10-18)19(2)11-8-17-14-5-3-4-13(16)12-14/h3-5,12,15,17H,6-11H2,1-2H3. The summed E-state index contributed by atoms with van der Waals surface area (Å²) in [6.45, 7) is 4.47. The van der Waals surface area contributed by atoms with Crippen molar-refractivity contribution in [2.24, 2.45) is 0 Å². The van der Waals surface area contributed by atoms with E-state index in [2.05, 4.69) is 35.3 Å². The van der Waals surface area contributed by atoms with Gasteiger partial charge in [0.2, 0.25) is 0 Å². The molecule has 1 aromatic carbocycles. The Morgan fingerprint density at radius 1 is 1.37 bits per heavy atom. The zero-order chi connectivity index (χ0) is 13.7. The first-order valence-electron chi connectivity index (χ1n) is 7.03. The normalized spacial score (nSPS) is 17.9. The van der Waals surface area contributed by atoms with Gasteiger partial charge in [-0.2, -0.15) is 0 Å². The van der Waals surface area contributed by atoms with E-state index in [9.17, 15) is 0 Å². The predicted molar refractivity (Wildman–Crippen MR) is 83.1 cm³/mol. The van der Waals surface area contributed by atoms with E-state index in [1.165, 1.54) is 25.9 Å². The Bertz CT molecular complexity index is 389. The maximum absolute atomic E-state index is 5.97. The fraction of sp³-hybridized carbons (Fsp3) is 0.600. The van der Waals surface area contributed by atoms with Crippen molar-refractivity contribution in [3.05, 3.63) is 29.3 Å². The minimum Gasteiger partial charge on any atom is -0.384 e. The molecule has 1 saturated heterocycles. The summed E-state index contributed by atoms with van der Waals surface area (Å²) in [6, 6.07) is 8.64. The van der Waals surface area contributed by atoms with E-state index in [1.807, 2.05) is 18.2 Å². The Morgan fingerprint density at radius 3 is 2.79 bits per heavy atom. The van der Waals surface area contributed by atoms with E-state index >= 15 is 0 Å². The molecule has 1 heterocycles. The van der Waals surface area contributed by atoms with Gasteiger partial charge in [0.15, 0.2) is 0 Å². The molecule has 1 aliphatic rings. The molecule has 0 amide bonds. The number of benzene rings is 1. The van der Waals surface area contributed by atoms with Crippen LogP contribution in [0.1, 0.15) is 12.8 Å². The van der Waals surface area contributed by atoms with Gasteiger partial charge in [0.25, 0.3) is 0 Å². The Morgan fingerprint density at radius 2 is 2.11 bits per heavy atom. The molecule has 0 atom stereocenters. The molecule has 1 aliphatic heterocycles. The summed E-state index contributed by atoms with van der Waals surface area (Å²) in [4.78, 5) is 4.89. The molecule has 1 aromatic rings. The summed E-state index contributed by atoms with van der Waals surface area (Å²) in [5.41, 5.74) is 1.10. The average molecular weight is 282 g/mol. The van der Waals surface area contributed by atoms with Crippen LogP contribution < -0.4 is 5.32 Å². The van der Waals surface area contributed by atoms with Crippen molar-refractivity contribution in [2.75, 3.05) is 45.6 Å². The Kier molecular flexibility index (Phi) is 5.49. The number of piperidine rings is 1. The lowest BCUT2D eigenvalue weighted by molar-refractivity contribution is 0.148. The van der Waals surface area contributed by atoms with E-state index in [0.717, 1.165) is 29.8 Å². The molecule has 2 rings (SSSR count). The lowest BCUT2D eigenvalue weighted by Crippen LogP contribution is -2.43. The molecule has 106 valence electrons. The number of hydrogen-bond donors (Lipinski definition) is 1. The Labute approximate surface area is 121 Å². The van der Waals surface area contributed by atoms with Crippen LogP contribution in [0.15, 0.2) is 24.3 Å². The molecule has 0 saturated carbocycles. The van der Waals surface area contributed by atoms with Gasteiger partial charge < -0.3 is 15.1 Å². The molecule has 1 fully saturated rings. The zero-order valence-electron chi connectivity index (χ0n) is 11.9. The Balaban J connectivity index is 1.70. The largest absolute Gasteiger partial charge is 0.384 e. The zero-order valence-corrected chi connectivity index (χ0v) is 12.7. The number of nitrogens with zero attached hydrogens (tertiary/aromatic N) is 2. The second-order valence-corrected chi connectivity index (χ2v) is 5.89. The van der Waals surface area contributed by atoms with Crippen LogP contribution in [0.5, 0.6) is 0 Å². The second-order valence-electron chi connectivity index (χ2n) is 5.45. The number of likely N-dealkylation sites (tertiary alicyclic amines) is 1. The summed E-state index contributed by atoms with van der Waals surface area (Å²) in [5.74, 6) is 0. The highest BCUT2D eigenvalue weighted by Gasteiger charge is 2.19. The average Bonchev–Trinajstić information content (AvgIpc) is 2.39. The van der Waals surface area contributed by atoms with Crippen molar-refractivity contribution in [3.8, 4) is 0 Å². The van der Waals surface area contributed by atoms with E-state index in [-0.39, 0.29) is 0 Å². The van der Waals surface area contributed by atoms with Crippen LogP contribution in [-0.2, 0) is 0 Å². The van der Waals surface area contributed by atoms with Gasteiger partial charge in [0.05, 0.1) is 0 Å². The van der Waals surface area contributed by atoms with Crippen LogP contribution in [0, 0.1) is 0 Å². The third kappa shape index (κ3) is 4.68. The second kappa shape index (κ2) is 7.13. The lowest BCUT2D eigenvalue weighted by atomic mass is 10.0. The van der Waals surface area contributed by atoms with Gasteiger partial charge in [0.1, 0.15) is 0 Å². The molecule has 0 aromatic heterocycles. The first-order valence-corrected chi connectivity index (χ1v) is 7.41. The third-order valence-corrected chi connectivity index (χ3v) is 4.16. The highest BCUT2D eigenvalue weighted by atomic mass is 35.5. The minimum absolute atomic E-state index is 0.734. The fourth-order valence-electron chi connectivity index (χ4n) is 2.59. The molecule has 0 radical (unpaired) electrons. The van der Waals surface area contributed by atoms with Gasteiger partial charge in [-0.15, -0.1) is 0 Å². The summed E-state index contributed by atoms with van der Waals surface area (Å²) in [6.07, 6.45) is 2.56. The van der Waals surface area contributed by atoms with Crippen LogP contribution >= 0.6 is 11.6 Å². The van der Waals surface area contributed by atoms with Crippen molar-refractivity contribution in [1.29, 1.82) is 0 Å². The van der Waals surface area contributed by atoms with Gasteiger partial charge >= 0.3 is 0 Å². The molecule has 0 bridgehead atoms. The summed E-state index contributed by atoms with van der Waals surface area (Å²) >= 11 is 5.97. The minimum atomic E-state index is 0.734. The van der Waals surface area contributed by atoms with Crippen molar-refractivity contribution >= 4 is 17.3 Å². The van der Waals surface area contributed by atoms with Crippen molar-refractivity contribution in [2.45, 2.75) is 18.9 Å². The quantitative estimate of drug-likeness (QED) is 0.895. The van der Waals surface area contributed by atoms with Crippen LogP contribution in [0.4, 0.5) is 5.69 Å². The molecule has 19 heavy (non-hydrogen) atoms. The van der Waals surface area contributed by atoms with Gasteiger partial charge in [0, 0.05) is 29.8 Å². The smallest absolute Gasteiger partial charge is 0.0426 e. The number of hydrogen-bond acceptors (Lipinski definition) is 3. The van der Waals surface area contributed by atoms with Crippen molar-refractivity contribution in [1.82, 2.24) is 9.80 Å². The molecule has 0 unspecified atom stereocenters. The van der Waals surface area contributed by atoms with Crippen molar-refractivity contribution < 1.29 is 0 Å². The summed E-state index contributed by atoms with van der Waals surface area (Å²) in [5, 5.41) is 4.21. The first-order chi connectivity index (χ1) is 9.15. The molecule has 3 nitrogen and oxygen atoms in total. The molecule has 4 heteroatoms.